The maximum atomic E-state index is 13.7. The molecule has 0 unspecified atom stereocenters. The maximum absolute atomic E-state index is 13.7. The summed E-state index contributed by atoms with van der Waals surface area (Å²) in [4.78, 5) is 65.1. The first-order chi connectivity index (χ1) is 22.2. The summed E-state index contributed by atoms with van der Waals surface area (Å²) in [6.07, 6.45) is 3.38. The SMILES string of the molecule is CC(C)C[C@](C)(NC(=O)[C@H](CCCN)CCC(=O)[C@@H]1CSCSC[C@H](N)C(=O)CN1)C(=O)CCC[C@@H](Cc1ccc(O)cc1)C(N)=O. The van der Waals surface area contributed by atoms with Crippen LogP contribution in [-0.4, -0.2) is 81.6 Å². The maximum Gasteiger partial charge on any atom is 0.223 e. The summed E-state index contributed by atoms with van der Waals surface area (Å²) in [6.45, 7) is 6.16. The van der Waals surface area contributed by atoms with Crippen LogP contribution in [0.5, 0.6) is 5.75 Å². The molecule has 47 heavy (non-hydrogen) atoms. The number of amides is 2. The van der Waals surface area contributed by atoms with Crippen molar-refractivity contribution in [3.8, 4) is 5.75 Å². The van der Waals surface area contributed by atoms with Crippen molar-refractivity contribution in [2.45, 2.75) is 96.2 Å². The van der Waals surface area contributed by atoms with E-state index in [2.05, 4.69) is 10.6 Å². The van der Waals surface area contributed by atoms with E-state index in [0.29, 0.717) is 63.0 Å². The van der Waals surface area contributed by atoms with Gasteiger partial charge in [0.25, 0.3) is 0 Å². The fourth-order valence-corrected chi connectivity index (χ4v) is 8.07. The molecule has 1 aliphatic rings. The number of phenols is 1. The summed E-state index contributed by atoms with van der Waals surface area (Å²) >= 11 is 3.20. The molecular formula is C34H55N5O6S2. The highest BCUT2D eigenvalue weighted by atomic mass is 32.2. The number of carbonyl (C=O) groups excluding carboxylic acids is 5. The van der Waals surface area contributed by atoms with E-state index in [9.17, 15) is 29.1 Å². The van der Waals surface area contributed by atoms with Crippen LogP contribution in [0.3, 0.4) is 0 Å². The normalized spacial score (nSPS) is 20.2. The first-order valence-corrected chi connectivity index (χ1v) is 18.9. The highest BCUT2D eigenvalue weighted by molar-refractivity contribution is 8.16. The zero-order valence-electron chi connectivity index (χ0n) is 28.1. The number of nitrogens with two attached hydrogens (primary N) is 3. The summed E-state index contributed by atoms with van der Waals surface area (Å²) in [7, 11) is 0. The van der Waals surface area contributed by atoms with Crippen molar-refractivity contribution >= 4 is 52.7 Å². The van der Waals surface area contributed by atoms with Gasteiger partial charge in [-0.25, -0.2) is 0 Å². The average Bonchev–Trinajstić information content (AvgIpc) is 3.01. The predicted molar refractivity (Wildman–Crippen MR) is 190 cm³/mol. The molecule has 0 aromatic heterocycles. The van der Waals surface area contributed by atoms with Crippen molar-refractivity contribution in [1.29, 1.82) is 0 Å². The third kappa shape index (κ3) is 14.7. The van der Waals surface area contributed by atoms with E-state index in [1.165, 1.54) is 0 Å². The van der Waals surface area contributed by atoms with Crippen LogP contribution in [0.4, 0.5) is 0 Å². The van der Waals surface area contributed by atoms with Gasteiger partial charge in [0.15, 0.2) is 17.3 Å². The molecule has 264 valence electrons. The van der Waals surface area contributed by atoms with Crippen molar-refractivity contribution in [2.75, 3.05) is 29.7 Å². The van der Waals surface area contributed by atoms with Crippen molar-refractivity contribution in [2.24, 2.45) is 35.0 Å². The number of aromatic hydroxyl groups is 1. The Balaban J connectivity index is 2.05. The second-order valence-electron chi connectivity index (χ2n) is 13.2. The summed E-state index contributed by atoms with van der Waals surface area (Å²) in [5.74, 6) is -0.684. The molecule has 9 N–H and O–H groups in total. The molecule has 0 saturated carbocycles. The summed E-state index contributed by atoms with van der Waals surface area (Å²) in [5, 5.41) is 16.4. The Labute approximate surface area is 288 Å². The second kappa shape index (κ2) is 20.8. The minimum absolute atomic E-state index is 0.0302. The van der Waals surface area contributed by atoms with Gasteiger partial charge in [0.1, 0.15) is 5.75 Å². The van der Waals surface area contributed by atoms with Crippen LogP contribution in [0.2, 0.25) is 0 Å². The van der Waals surface area contributed by atoms with Gasteiger partial charge in [0.05, 0.1) is 24.2 Å². The lowest BCUT2D eigenvalue weighted by molar-refractivity contribution is -0.135. The fourth-order valence-electron chi connectivity index (χ4n) is 5.85. The molecule has 0 bridgehead atoms. The molecule has 13 heteroatoms. The molecule has 2 rings (SSSR count). The Bertz CT molecular complexity index is 1180. The van der Waals surface area contributed by atoms with Gasteiger partial charge in [0.2, 0.25) is 11.8 Å². The Morgan fingerprint density at radius 3 is 2.32 bits per heavy atom. The third-order valence-corrected chi connectivity index (χ3v) is 11.0. The van der Waals surface area contributed by atoms with Crippen LogP contribution in [-0.2, 0) is 30.4 Å². The number of benzene rings is 1. The van der Waals surface area contributed by atoms with E-state index in [4.69, 9.17) is 17.2 Å². The van der Waals surface area contributed by atoms with E-state index < -0.39 is 35.4 Å². The molecule has 1 saturated heterocycles. The summed E-state index contributed by atoms with van der Waals surface area (Å²) in [6, 6.07) is 5.52. The number of hydrogen-bond acceptors (Lipinski definition) is 11. The lowest BCUT2D eigenvalue weighted by Gasteiger charge is -2.33. The first-order valence-electron chi connectivity index (χ1n) is 16.6. The number of thioether (sulfide) groups is 2. The van der Waals surface area contributed by atoms with Crippen LogP contribution in [0.15, 0.2) is 24.3 Å². The van der Waals surface area contributed by atoms with Crippen LogP contribution in [0, 0.1) is 17.8 Å². The van der Waals surface area contributed by atoms with Crippen molar-refractivity contribution in [1.82, 2.24) is 10.6 Å². The zero-order chi connectivity index (χ0) is 35.0. The molecular weight excluding hydrogens is 639 g/mol. The van der Waals surface area contributed by atoms with Gasteiger partial charge in [-0.1, -0.05) is 26.0 Å². The molecule has 1 fully saturated rings. The Kier molecular flexibility index (Phi) is 18.0. The van der Waals surface area contributed by atoms with Crippen LogP contribution in [0.25, 0.3) is 0 Å². The zero-order valence-corrected chi connectivity index (χ0v) is 29.8. The molecule has 0 spiro atoms. The monoisotopic (exact) mass is 693 g/mol. The van der Waals surface area contributed by atoms with E-state index >= 15 is 0 Å². The van der Waals surface area contributed by atoms with Gasteiger partial charge in [-0.05, 0) is 82.0 Å². The number of ketones is 3. The number of primary amides is 1. The van der Waals surface area contributed by atoms with Crippen LogP contribution < -0.4 is 27.8 Å². The highest BCUT2D eigenvalue weighted by Crippen LogP contribution is 2.25. The number of Topliss-reactive ketones (excluding diaryl/α,β-unsaturated/α-hetero) is 3. The van der Waals surface area contributed by atoms with Crippen LogP contribution >= 0.6 is 23.5 Å². The minimum atomic E-state index is -1.12. The van der Waals surface area contributed by atoms with Crippen molar-refractivity contribution < 1.29 is 29.1 Å². The summed E-state index contributed by atoms with van der Waals surface area (Å²) in [5.41, 5.74) is 17.1. The number of hydrogen-bond donors (Lipinski definition) is 6. The molecule has 11 nitrogen and oxygen atoms in total. The Hall–Kier alpha value is -2.45. The van der Waals surface area contributed by atoms with E-state index in [0.717, 1.165) is 10.6 Å². The quantitative estimate of drug-likeness (QED) is 0.124. The first kappa shape index (κ1) is 40.7. The van der Waals surface area contributed by atoms with Gasteiger partial charge in [-0.2, -0.15) is 0 Å². The standard InChI is InChI=1S/C34H55N5O6S2/c1-22(2)17-34(3,31(43)8-4-6-25(32(37)44)16-23-9-12-26(40)13-10-23)39-33(45)24(7-5-15-35)11-14-29(41)28-20-47-21-46-19-27(36)30(42)18-38-28/h9-10,12-13,22,24-25,27-28,38,40H,4-8,11,14-21,35-36H2,1-3H3,(H2,37,44)(H,39,45)/t24-,25+,27+,28+,34+/m1/s1. The third-order valence-electron chi connectivity index (χ3n) is 8.55. The van der Waals surface area contributed by atoms with Gasteiger partial charge in [-0.15, -0.1) is 23.5 Å². The molecule has 0 aliphatic carbocycles. The molecule has 1 aliphatic heterocycles. The number of phenolic OH excluding ortho intramolecular Hbond substituents is 1. The molecule has 1 aromatic carbocycles. The van der Waals surface area contributed by atoms with E-state index in [1.54, 1.807) is 54.7 Å². The largest absolute Gasteiger partial charge is 0.508 e. The number of carbonyl (C=O) groups is 5. The van der Waals surface area contributed by atoms with Crippen molar-refractivity contribution in [3.63, 3.8) is 0 Å². The average molecular weight is 694 g/mol. The lowest BCUT2D eigenvalue weighted by atomic mass is 9.82. The Morgan fingerprint density at radius 1 is 1.02 bits per heavy atom. The number of rotatable bonds is 19. The molecule has 1 aromatic rings. The lowest BCUT2D eigenvalue weighted by Crippen LogP contribution is -2.54. The molecule has 2 amide bonds. The number of nitrogens with one attached hydrogen (secondary N) is 2. The minimum Gasteiger partial charge on any atom is -0.508 e. The summed E-state index contributed by atoms with van der Waals surface area (Å²) < 4.78 is 0. The fraction of sp³-hybridized carbons (Fsp3) is 0.676. The molecule has 0 radical (unpaired) electrons. The molecule has 1 heterocycles. The van der Waals surface area contributed by atoms with Gasteiger partial charge >= 0.3 is 0 Å². The highest BCUT2D eigenvalue weighted by Gasteiger charge is 2.37. The smallest absolute Gasteiger partial charge is 0.223 e. The van der Waals surface area contributed by atoms with E-state index in [1.807, 2.05) is 13.8 Å². The van der Waals surface area contributed by atoms with Crippen molar-refractivity contribution in [3.05, 3.63) is 29.8 Å². The topological polar surface area (TPSA) is 208 Å². The van der Waals surface area contributed by atoms with Gasteiger partial charge < -0.3 is 27.6 Å². The predicted octanol–water partition coefficient (Wildman–Crippen LogP) is 2.69. The Morgan fingerprint density at radius 2 is 1.68 bits per heavy atom. The van der Waals surface area contributed by atoms with Gasteiger partial charge in [0, 0.05) is 41.3 Å². The molecule has 5 atom stereocenters. The second-order valence-corrected chi connectivity index (χ2v) is 15.6. The van der Waals surface area contributed by atoms with Crippen LogP contribution in [0.1, 0.15) is 77.7 Å². The van der Waals surface area contributed by atoms with E-state index in [-0.39, 0.29) is 54.3 Å². The van der Waals surface area contributed by atoms with Gasteiger partial charge in [-0.3, -0.25) is 29.3 Å².